The quantitative estimate of drug-likeness (QED) is 0.761. The Labute approximate surface area is 171 Å². The molecule has 2 fully saturated rings. The molecular weight excluding hydrogens is 404 g/mol. The normalized spacial score (nSPS) is 21.8. The van der Waals surface area contributed by atoms with Crippen LogP contribution >= 0.6 is 11.6 Å². The van der Waals surface area contributed by atoms with Gasteiger partial charge in [-0.2, -0.15) is 0 Å². The van der Waals surface area contributed by atoms with Crippen molar-refractivity contribution >= 4 is 34.5 Å². The summed E-state index contributed by atoms with van der Waals surface area (Å²) < 4.78 is 33.7. The van der Waals surface area contributed by atoms with Crippen LogP contribution in [0.1, 0.15) is 36.0 Å². The number of amides is 2. The molecular formula is C20H22ClF2N3O3. The number of fused-ring (bicyclic) bond motifs is 1. The summed E-state index contributed by atoms with van der Waals surface area (Å²) in [4.78, 5) is 24.1. The predicted molar refractivity (Wildman–Crippen MR) is 104 cm³/mol. The average molecular weight is 426 g/mol. The lowest BCUT2D eigenvalue weighted by Gasteiger charge is -2.28. The monoisotopic (exact) mass is 425 g/mol. The van der Waals surface area contributed by atoms with Gasteiger partial charge in [-0.1, -0.05) is 17.7 Å². The first kappa shape index (κ1) is 19.9. The Hall–Kier alpha value is -2.35. The molecule has 2 heterocycles. The minimum Gasteiger partial charge on any atom is -0.442 e. The van der Waals surface area contributed by atoms with Gasteiger partial charge in [0.05, 0.1) is 29.2 Å². The number of hydrogen-bond donors (Lipinski definition) is 2. The third kappa shape index (κ3) is 4.32. The molecule has 156 valence electrons. The molecule has 1 aromatic carbocycles. The smallest absolute Gasteiger partial charge is 0.407 e. The molecule has 1 saturated heterocycles. The number of nitrogens with zero attached hydrogens (tertiary/aromatic N) is 1. The van der Waals surface area contributed by atoms with Crippen molar-refractivity contribution in [3.05, 3.63) is 35.0 Å². The molecule has 1 unspecified atom stereocenters. The third-order valence-electron chi connectivity index (χ3n) is 5.64. The summed E-state index contributed by atoms with van der Waals surface area (Å²) in [7, 11) is 0. The van der Waals surface area contributed by atoms with Crippen LogP contribution in [0.2, 0.25) is 5.02 Å². The predicted octanol–water partition coefficient (Wildman–Crippen LogP) is 3.96. The van der Waals surface area contributed by atoms with Crippen LogP contribution < -0.4 is 10.6 Å². The summed E-state index contributed by atoms with van der Waals surface area (Å²) >= 11 is 6.37. The van der Waals surface area contributed by atoms with Crippen LogP contribution in [0.5, 0.6) is 0 Å². The molecule has 2 N–H and O–H groups in total. The topological polar surface area (TPSA) is 72.4 Å². The maximum Gasteiger partial charge on any atom is 0.407 e. The van der Waals surface area contributed by atoms with Crippen LogP contribution in [0.25, 0.3) is 10.9 Å². The molecule has 1 aromatic heterocycles. The summed E-state index contributed by atoms with van der Waals surface area (Å²) in [5.41, 5.74) is 1.19. The molecule has 1 saturated carbocycles. The number of nitrogens with one attached hydrogen (secondary N) is 2. The Morgan fingerprint density at radius 3 is 2.79 bits per heavy atom. The number of carbonyl (C=O) groups excluding carboxylic acids is 2. The summed E-state index contributed by atoms with van der Waals surface area (Å²) in [6, 6.07) is 5.36. The molecule has 29 heavy (non-hydrogen) atoms. The van der Waals surface area contributed by atoms with Gasteiger partial charge in [0.25, 0.3) is 5.91 Å². The lowest BCUT2D eigenvalue weighted by atomic mass is 9.87. The number of hydrogen-bond acceptors (Lipinski definition) is 3. The molecule has 6 nitrogen and oxygen atoms in total. The molecule has 1 atom stereocenters. The van der Waals surface area contributed by atoms with E-state index in [4.69, 9.17) is 16.3 Å². The van der Waals surface area contributed by atoms with E-state index in [9.17, 15) is 18.4 Å². The number of alkyl halides is 2. The molecule has 9 heteroatoms. The number of benzene rings is 1. The second-order valence-corrected chi connectivity index (χ2v) is 8.15. The van der Waals surface area contributed by atoms with Crippen molar-refractivity contribution in [2.75, 3.05) is 13.1 Å². The van der Waals surface area contributed by atoms with E-state index in [0.29, 0.717) is 48.4 Å². The van der Waals surface area contributed by atoms with Crippen LogP contribution in [-0.4, -0.2) is 41.7 Å². The summed E-state index contributed by atoms with van der Waals surface area (Å²) in [5.74, 6) is -2.83. The zero-order valence-electron chi connectivity index (χ0n) is 15.7. The van der Waals surface area contributed by atoms with Gasteiger partial charge in [-0.25, -0.2) is 13.6 Å². The molecule has 2 amide bonds. The average Bonchev–Trinajstić information content (AvgIpc) is 3.25. The van der Waals surface area contributed by atoms with Crippen LogP contribution in [0.15, 0.2) is 24.4 Å². The molecule has 2 aliphatic rings. The van der Waals surface area contributed by atoms with Gasteiger partial charge in [-0.05, 0) is 30.9 Å². The largest absolute Gasteiger partial charge is 0.442 e. The number of carbonyl (C=O) groups is 2. The SMILES string of the molecule is O=C1NCC(Cn2cc(C(=O)NCC3CCC(F)(F)CC3)c3c(Cl)cccc32)O1. The van der Waals surface area contributed by atoms with Gasteiger partial charge < -0.3 is 19.9 Å². The van der Waals surface area contributed by atoms with E-state index in [1.54, 1.807) is 18.3 Å². The number of aromatic nitrogens is 1. The Bertz CT molecular complexity index is 936. The second kappa shape index (κ2) is 7.82. The van der Waals surface area contributed by atoms with E-state index >= 15 is 0 Å². The highest BCUT2D eigenvalue weighted by molar-refractivity contribution is 6.36. The fraction of sp³-hybridized carbons (Fsp3) is 0.500. The first-order chi connectivity index (χ1) is 13.8. The molecule has 2 aromatic rings. The van der Waals surface area contributed by atoms with Crippen molar-refractivity contribution in [3.8, 4) is 0 Å². The van der Waals surface area contributed by atoms with Crippen molar-refractivity contribution in [2.24, 2.45) is 5.92 Å². The molecule has 0 spiro atoms. The maximum atomic E-state index is 13.3. The molecule has 0 bridgehead atoms. The van der Waals surface area contributed by atoms with Crippen molar-refractivity contribution in [1.29, 1.82) is 0 Å². The number of halogens is 3. The Morgan fingerprint density at radius 2 is 2.10 bits per heavy atom. The first-order valence-electron chi connectivity index (χ1n) is 9.70. The fourth-order valence-corrected chi connectivity index (χ4v) is 4.29. The Kier molecular flexibility index (Phi) is 5.38. The number of rotatable bonds is 5. The van der Waals surface area contributed by atoms with Gasteiger partial charge in [0, 0.05) is 31.0 Å². The summed E-state index contributed by atoms with van der Waals surface area (Å²) in [6.07, 6.45) is 1.44. The fourth-order valence-electron chi connectivity index (χ4n) is 4.02. The van der Waals surface area contributed by atoms with Gasteiger partial charge in [-0.3, -0.25) is 4.79 Å². The molecule has 4 rings (SSSR count). The van der Waals surface area contributed by atoms with E-state index < -0.39 is 12.0 Å². The van der Waals surface area contributed by atoms with Crippen LogP contribution in [0.4, 0.5) is 13.6 Å². The van der Waals surface area contributed by atoms with Gasteiger partial charge >= 0.3 is 6.09 Å². The lowest BCUT2D eigenvalue weighted by molar-refractivity contribution is -0.0452. The van der Waals surface area contributed by atoms with E-state index in [-0.39, 0.29) is 30.8 Å². The van der Waals surface area contributed by atoms with E-state index in [1.807, 2.05) is 10.6 Å². The number of alkyl carbamates (subject to hydrolysis) is 1. The van der Waals surface area contributed by atoms with Gasteiger partial charge in [0.2, 0.25) is 5.92 Å². The highest BCUT2D eigenvalue weighted by Crippen LogP contribution is 2.36. The minimum absolute atomic E-state index is 0.0476. The van der Waals surface area contributed by atoms with E-state index in [2.05, 4.69) is 10.6 Å². The van der Waals surface area contributed by atoms with Gasteiger partial charge in [-0.15, -0.1) is 0 Å². The minimum atomic E-state index is -2.58. The standard InChI is InChI=1S/C20H22ClF2N3O3/c21-15-2-1-3-16-17(15)14(11-26(16)10-13-9-25-19(28)29-13)18(27)24-8-12-4-6-20(22,23)7-5-12/h1-3,11-13H,4-10H2,(H,24,27)(H,25,28). The zero-order valence-corrected chi connectivity index (χ0v) is 16.5. The highest BCUT2D eigenvalue weighted by atomic mass is 35.5. The van der Waals surface area contributed by atoms with E-state index in [1.165, 1.54) is 0 Å². The van der Waals surface area contributed by atoms with E-state index in [0.717, 1.165) is 5.52 Å². The van der Waals surface area contributed by atoms with Gasteiger partial charge in [0.1, 0.15) is 6.10 Å². The Balaban J connectivity index is 1.50. The number of ether oxygens (including phenoxy) is 1. The number of cyclic esters (lactones) is 1. The molecule has 0 radical (unpaired) electrons. The van der Waals surface area contributed by atoms with Crippen LogP contribution in [0.3, 0.4) is 0 Å². The van der Waals surface area contributed by atoms with Gasteiger partial charge in [0.15, 0.2) is 0 Å². The first-order valence-corrected chi connectivity index (χ1v) is 10.1. The summed E-state index contributed by atoms with van der Waals surface area (Å²) in [6.45, 7) is 1.14. The van der Waals surface area contributed by atoms with Crippen molar-refractivity contribution in [2.45, 2.75) is 44.3 Å². The highest BCUT2D eigenvalue weighted by Gasteiger charge is 2.35. The van der Waals surface area contributed by atoms with Crippen LogP contribution in [0, 0.1) is 5.92 Å². The van der Waals surface area contributed by atoms with Crippen LogP contribution in [-0.2, 0) is 11.3 Å². The molecule has 1 aliphatic carbocycles. The van der Waals surface area contributed by atoms with Crippen molar-refractivity contribution < 1.29 is 23.1 Å². The Morgan fingerprint density at radius 1 is 1.34 bits per heavy atom. The maximum absolute atomic E-state index is 13.3. The second-order valence-electron chi connectivity index (χ2n) is 7.75. The lowest BCUT2D eigenvalue weighted by Crippen LogP contribution is -2.33. The molecule has 1 aliphatic heterocycles. The zero-order chi connectivity index (χ0) is 20.6. The third-order valence-corrected chi connectivity index (χ3v) is 5.95. The summed E-state index contributed by atoms with van der Waals surface area (Å²) in [5, 5.41) is 6.56. The van der Waals surface area contributed by atoms with Crippen molar-refractivity contribution in [3.63, 3.8) is 0 Å². The van der Waals surface area contributed by atoms with Crippen molar-refractivity contribution in [1.82, 2.24) is 15.2 Å².